The maximum absolute atomic E-state index is 10.6. The van der Waals surface area contributed by atoms with Crippen LogP contribution in [0.2, 0.25) is 0 Å². The topological polar surface area (TPSA) is 85.2 Å². The van der Waals surface area contributed by atoms with Gasteiger partial charge in [-0.1, -0.05) is 0 Å². The predicted molar refractivity (Wildman–Crippen MR) is 55.8 cm³/mol. The molecule has 8 heteroatoms. The number of ether oxygens (including phenoxy) is 2. The highest BCUT2D eigenvalue weighted by Gasteiger charge is 2.47. The molecule has 3 unspecified atom stereocenters. The first kappa shape index (κ1) is 13.2. The second kappa shape index (κ2) is 5.43. The smallest absolute Gasteiger partial charge is 0.317 e. The molecule has 0 amide bonds. The van der Waals surface area contributed by atoms with Gasteiger partial charge in [0.25, 0.3) is 0 Å². The molecule has 0 aromatic rings. The summed E-state index contributed by atoms with van der Waals surface area (Å²) in [6, 6.07) is -0.119. The summed E-state index contributed by atoms with van der Waals surface area (Å²) in [6.45, 7) is 1.84. The zero-order chi connectivity index (χ0) is 11.5. The van der Waals surface area contributed by atoms with Gasteiger partial charge in [-0.3, -0.25) is 4.57 Å². The molecule has 1 heterocycles. The van der Waals surface area contributed by atoms with E-state index in [2.05, 4.69) is 0 Å². The van der Waals surface area contributed by atoms with E-state index < -0.39 is 20.0 Å². The first-order chi connectivity index (χ1) is 7.00. The fourth-order valence-corrected chi connectivity index (χ4v) is 2.14. The lowest BCUT2D eigenvalue weighted by molar-refractivity contribution is -0.127. The van der Waals surface area contributed by atoms with Crippen molar-refractivity contribution in [1.29, 1.82) is 0 Å². The Kier molecular flexibility index (Phi) is 4.77. The van der Waals surface area contributed by atoms with Crippen LogP contribution in [-0.4, -0.2) is 55.4 Å². The highest BCUT2D eigenvalue weighted by Crippen LogP contribution is 2.32. The minimum atomic E-state index is -3.05. The molecule has 0 bridgehead atoms. The summed E-state index contributed by atoms with van der Waals surface area (Å²) in [5.41, 5.74) is -1.02. The van der Waals surface area contributed by atoms with Crippen molar-refractivity contribution in [2.75, 3.05) is 19.8 Å². The first-order valence-corrected chi connectivity index (χ1v) is 6.02. The molecule has 0 aliphatic carbocycles. The summed E-state index contributed by atoms with van der Waals surface area (Å²) in [7, 11) is -1.24. The first-order valence-electron chi connectivity index (χ1n) is 4.76. The van der Waals surface area contributed by atoms with Crippen LogP contribution < -0.4 is 0 Å². The van der Waals surface area contributed by atoms with Crippen LogP contribution in [0, 0.1) is 0 Å². The quantitative estimate of drug-likeness (QED) is 0.448. The Bertz CT molecular complexity index is 238. The van der Waals surface area contributed by atoms with Gasteiger partial charge < -0.3 is 24.0 Å². The van der Waals surface area contributed by atoms with Gasteiger partial charge >= 0.3 is 8.25 Å². The molecular weight excluding hydrogens is 222 g/mol. The zero-order valence-electron chi connectivity index (χ0n) is 8.80. The van der Waals surface area contributed by atoms with Crippen LogP contribution in [0.1, 0.15) is 6.92 Å². The molecule has 0 aromatic heterocycles. The van der Waals surface area contributed by atoms with E-state index in [1.165, 1.54) is 0 Å². The Labute approximate surface area is 89.9 Å². The van der Waals surface area contributed by atoms with Crippen LogP contribution in [0.25, 0.3) is 0 Å². The Morgan fingerprint density at radius 3 is 2.93 bits per heavy atom. The SMILES string of the molecule is BC(C)OC1(CO)COC[C@@H]1O[PH](=O)O. The number of rotatable bonds is 5. The van der Waals surface area contributed by atoms with Crippen LogP contribution in [0.3, 0.4) is 0 Å². The van der Waals surface area contributed by atoms with E-state index in [-0.39, 0.29) is 25.8 Å². The van der Waals surface area contributed by atoms with Crippen LogP contribution >= 0.6 is 8.25 Å². The number of aliphatic hydroxyl groups excluding tert-OH is 1. The lowest BCUT2D eigenvalue weighted by atomic mass is 9.97. The molecule has 0 spiro atoms. The summed E-state index contributed by atoms with van der Waals surface area (Å²) < 4.78 is 26.1. The minimum Gasteiger partial charge on any atom is -0.393 e. The van der Waals surface area contributed by atoms with Crippen molar-refractivity contribution in [2.24, 2.45) is 0 Å². The highest BCUT2D eigenvalue weighted by molar-refractivity contribution is 7.32. The van der Waals surface area contributed by atoms with Crippen LogP contribution in [0.5, 0.6) is 0 Å². The Balaban J connectivity index is 2.71. The van der Waals surface area contributed by atoms with Crippen molar-refractivity contribution in [3.8, 4) is 0 Å². The third-order valence-electron chi connectivity index (χ3n) is 2.18. The molecule has 88 valence electrons. The molecule has 0 aromatic carbocycles. The molecule has 0 radical (unpaired) electrons. The van der Waals surface area contributed by atoms with Gasteiger partial charge in [-0.25, -0.2) is 0 Å². The van der Waals surface area contributed by atoms with E-state index in [9.17, 15) is 9.67 Å². The third kappa shape index (κ3) is 3.27. The maximum atomic E-state index is 10.6. The highest BCUT2D eigenvalue weighted by atomic mass is 31.1. The second-order valence-electron chi connectivity index (χ2n) is 3.78. The molecule has 4 atom stereocenters. The van der Waals surface area contributed by atoms with Crippen molar-refractivity contribution < 1.29 is 28.6 Å². The summed E-state index contributed by atoms with van der Waals surface area (Å²) >= 11 is 0. The Morgan fingerprint density at radius 2 is 2.47 bits per heavy atom. The van der Waals surface area contributed by atoms with Crippen LogP contribution in [0.4, 0.5) is 0 Å². The van der Waals surface area contributed by atoms with Crippen molar-refractivity contribution in [1.82, 2.24) is 0 Å². The van der Waals surface area contributed by atoms with Crippen molar-refractivity contribution in [3.63, 3.8) is 0 Å². The minimum absolute atomic E-state index is 0.119. The summed E-state index contributed by atoms with van der Waals surface area (Å²) in [5, 5.41) is 9.29. The Hall–Kier alpha value is 0.0949. The lowest BCUT2D eigenvalue weighted by Crippen LogP contribution is -2.50. The number of hydrogen-bond acceptors (Lipinski definition) is 5. The zero-order valence-corrected chi connectivity index (χ0v) is 9.80. The van der Waals surface area contributed by atoms with Gasteiger partial charge in [-0.15, -0.1) is 0 Å². The van der Waals surface area contributed by atoms with E-state index in [1.54, 1.807) is 0 Å². The molecule has 1 aliphatic rings. The number of aliphatic hydroxyl groups is 1. The van der Waals surface area contributed by atoms with E-state index >= 15 is 0 Å². The fourth-order valence-electron chi connectivity index (χ4n) is 1.61. The van der Waals surface area contributed by atoms with Gasteiger partial charge in [0.1, 0.15) is 19.6 Å². The van der Waals surface area contributed by atoms with Crippen molar-refractivity contribution in [2.45, 2.75) is 24.6 Å². The molecule has 2 N–H and O–H groups in total. The van der Waals surface area contributed by atoms with Gasteiger partial charge in [0, 0.05) is 6.00 Å². The lowest BCUT2D eigenvalue weighted by Gasteiger charge is -2.32. The average Bonchev–Trinajstić information content (AvgIpc) is 2.47. The van der Waals surface area contributed by atoms with Gasteiger partial charge in [-0.2, -0.15) is 0 Å². The average molecular weight is 238 g/mol. The van der Waals surface area contributed by atoms with Gasteiger partial charge in [0.05, 0.1) is 19.8 Å². The Morgan fingerprint density at radius 1 is 1.80 bits per heavy atom. The molecule has 15 heavy (non-hydrogen) atoms. The molecule has 1 rings (SSSR count). The second-order valence-corrected chi connectivity index (χ2v) is 4.54. The summed E-state index contributed by atoms with van der Waals surface area (Å²) in [4.78, 5) is 8.71. The van der Waals surface area contributed by atoms with Crippen molar-refractivity contribution in [3.05, 3.63) is 0 Å². The van der Waals surface area contributed by atoms with Gasteiger partial charge in [0.2, 0.25) is 0 Å². The van der Waals surface area contributed by atoms with Gasteiger partial charge in [0.15, 0.2) is 0 Å². The van der Waals surface area contributed by atoms with Crippen molar-refractivity contribution >= 4 is 16.1 Å². The van der Waals surface area contributed by atoms with E-state index in [0.717, 1.165) is 0 Å². The monoisotopic (exact) mass is 238 g/mol. The van der Waals surface area contributed by atoms with Gasteiger partial charge in [-0.05, 0) is 6.92 Å². The molecule has 1 aliphatic heterocycles. The molecule has 1 fully saturated rings. The maximum Gasteiger partial charge on any atom is 0.317 e. The standard InChI is InChI=1S/C7H16BO6P/c1-5(8)13-7(3-9)4-12-2-6(7)14-15(10)11/h5-6,9,15H,2-4,8H2,1H3,(H,10,11)/t5?,6-,7?/m0/s1. The summed E-state index contributed by atoms with van der Waals surface area (Å²) in [5.74, 6) is 0. The molecule has 6 nitrogen and oxygen atoms in total. The van der Waals surface area contributed by atoms with Crippen LogP contribution in [0.15, 0.2) is 0 Å². The summed E-state index contributed by atoms with van der Waals surface area (Å²) in [6.07, 6.45) is -0.693. The van der Waals surface area contributed by atoms with Crippen LogP contribution in [-0.2, 0) is 18.6 Å². The fraction of sp³-hybridized carbons (Fsp3) is 1.00. The van der Waals surface area contributed by atoms with E-state index in [0.29, 0.717) is 0 Å². The van der Waals surface area contributed by atoms with E-state index in [1.807, 2.05) is 14.8 Å². The third-order valence-corrected chi connectivity index (χ3v) is 2.67. The van der Waals surface area contributed by atoms with E-state index in [4.69, 9.17) is 18.9 Å². The normalized spacial score (nSPS) is 35.3. The number of hydrogen-bond donors (Lipinski definition) is 2. The molecule has 1 saturated heterocycles. The molecule has 0 saturated carbocycles. The molecular formula is C7H16BO6P. The largest absolute Gasteiger partial charge is 0.393 e. The predicted octanol–water partition coefficient (Wildman–Crippen LogP) is -1.49.